The first-order valence-corrected chi connectivity index (χ1v) is 11.8. The van der Waals surface area contributed by atoms with Gasteiger partial charge in [0.25, 0.3) is 0 Å². The van der Waals surface area contributed by atoms with Crippen molar-refractivity contribution in [1.82, 2.24) is 14.6 Å². The first-order chi connectivity index (χ1) is 16.0. The zero-order chi connectivity index (χ0) is 23.2. The normalized spacial score (nSPS) is 11.0. The minimum Gasteiger partial charge on any atom is -0.493 e. The summed E-state index contributed by atoms with van der Waals surface area (Å²) < 4.78 is 21.4. The molecule has 8 heteroatoms. The fourth-order valence-electron chi connectivity index (χ4n) is 3.27. The van der Waals surface area contributed by atoms with Crippen molar-refractivity contribution < 1.29 is 13.9 Å². The molecule has 0 saturated carbocycles. The molecular weight excluding hydrogens is 439 g/mol. The van der Waals surface area contributed by atoms with Gasteiger partial charge < -0.3 is 10.1 Å². The highest BCUT2D eigenvalue weighted by Crippen LogP contribution is 2.32. The monoisotopic (exact) mass is 464 g/mol. The van der Waals surface area contributed by atoms with Crippen molar-refractivity contribution in [3.63, 3.8) is 0 Å². The van der Waals surface area contributed by atoms with E-state index in [4.69, 9.17) is 4.74 Å². The molecule has 1 amide bonds. The van der Waals surface area contributed by atoms with Crippen LogP contribution < -0.4 is 10.1 Å². The zero-order valence-electron chi connectivity index (χ0n) is 18.5. The number of carbonyl (C=O) groups excluding carboxylic acids is 1. The number of para-hydroxylation sites is 1. The Morgan fingerprint density at radius 3 is 2.88 bits per heavy atom. The molecule has 4 aromatic rings. The van der Waals surface area contributed by atoms with Crippen molar-refractivity contribution in [2.75, 3.05) is 17.7 Å². The second-order valence-corrected chi connectivity index (χ2v) is 8.55. The van der Waals surface area contributed by atoms with Gasteiger partial charge in [-0.05, 0) is 49.2 Å². The van der Waals surface area contributed by atoms with Gasteiger partial charge in [-0.2, -0.15) is 5.10 Å². The van der Waals surface area contributed by atoms with Crippen LogP contribution in [0.25, 0.3) is 16.8 Å². The van der Waals surface area contributed by atoms with Crippen molar-refractivity contribution in [1.29, 1.82) is 0 Å². The Morgan fingerprint density at radius 2 is 2.06 bits per heavy atom. The maximum Gasteiger partial charge on any atom is 0.234 e. The molecule has 170 valence electrons. The van der Waals surface area contributed by atoms with E-state index < -0.39 is 0 Å². The summed E-state index contributed by atoms with van der Waals surface area (Å²) >= 11 is 1.31. The summed E-state index contributed by atoms with van der Waals surface area (Å²) in [5.41, 5.74) is 3.45. The summed E-state index contributed by atoms with van der Waals surface area (Å²) in [6.07, 6.45) is 5.48. The van der Waals surface area contributed by atoms with Gasteiger partial charge in [-0.1, -0.05) is 43.3 Å². The summed E-state index contributed by atoms with van der Waals surface area (Å²) in [7, 11) is 0. The number of thioether (sulfide) groups is 1. The Hall–Kier alpha value is -3.39. The fourth-order valence-corrected chi connectivity index (χ4v) is 4.05. The lowest BCUT2D eigenvalue weighted by atomic mass is 10.1. The molecule has 0 saturated heterocycles. The van der Waals surface area contributed by atoms with Crippen molar-refractivity contribution in [3.8, 4) is 17.0 Å². The standard InChI is InChI=1S/C25H25FN4O2S/c1-3-4-13-32-23-8-6-5-7-19(23)21-15-22-25(27-11-12-30(22)29-21)33-16-24(31)28-18-10-9-17(2)20(26)14-18/h5-12,14-15H,3-4,13,16H2,1-2H3,(H,28,31). The summed E-state index contributed by atoms with van der Waals surface area (Å²) in [4.78, 5) is 16.8. The van der Waals surface area contributed by atoms with Gasteiger partial charge in [0, 0.05) is 23.6 Å². The maximum absolute atomic E-state index is 13.7. The van der Waals surface area contributed by atoms with Crippen molar-refractivity contribution in [2.24, 2.45) is 0 Å². The number of nitrogens with one attached hydrogen (secondary N) is 1. The summed E-state index contributed by atoms with van der Waals surface area (Å²) in [5, 5.41) is 8.10. The molecule has 0 unspecified atom stereocenters. The van der Waals surface area contributed by atoms with Crippen LogP contribution in [0.5, 0.6) is 5.75 Å². The number of amides is 1. The zero-order valence-corrected chi connectivity index (χ0v) is 19.4. The van der Waals surface area contributed by atoms with E-state index in [2.05, 4.69) is 22.3 Å². The highest BCUT2D eigenvalue weighted by molar-refractivity contribution is 8.00. The largest absolute Gasteiger partial charge is 0.493 e. The summed E-state index contributed by atoms with van der Waals surface area (Å²) in [6, 6.07) is 14.4. The van der Waals surface area contributed by atoms with Crippen LogP contribution in [0.1, 0.15) is 25.3 Å². The molecule has 2 aromatic heterocycles. The van der Waals surface area contributed by atoms with Crippen LogP contribution in [0.2, 0.25) is 0 Å². The molecule has 0 radical (unpaired) electrons. The van der Waals surface area contributed by atoms with E-state index in [1.54, 1.807) is 36.0 Å². The lowest BCUT2D eigenvalue weighted by Crippen LogP contribution is -2.14. The third kappa shape index (κ3) is 5.51. The number of aryl methyl sites for hydroxylation is 1. The number of unbranched alkanes of at least 4 members (excludes halogenated alkanes) is 1. The van der Waals surface area contributed by atoms with Crippen LogP contribution in [0.15, 0.2) is 66.0 Å². The highest BCUT2D eigenvalue weighted by atomic mass is 32.2. The van der Waals surface area contributed by atoms with E-state index >= 15 is 0 Å². The molecule has 0 atom stereocenters. The summed E-state index contributed by atoms with van der Waals surface area (Å²) in [6.45, 7) is 4.46. The molecule has 0 fully saturated rings. The Balaban J connectivity index is 1.50. The predicted octanol–water partition coefficient (Wildman–Crippen LogP) is 5.75. The van der Waals surface area contributed by atoms with Gasteiger partial charge in [-0.25, -0.2) is 13.9 Å². The number of fused-ring (bicyclic) bond motifs is 1. The maximum atomic E-state index is 13.7. The van der Waals surface area contributed by atoms with E-state index in [-0.39, 0.29) is 17.5 Å². The van der Waals surface area contributed by atoms with Gasteiger partial charge in [-0.3, -0.25) is 4.79 Å². The molecule has 2 aromatic carbocycles. The fraction of sp³-hybridized carbons (Fsp3) is 0.240. The van der Waals surface area contributed by atoms with Gasteiger partial charge in [-0.15, -0.1) is 0 Å². The van der Waals surface area contributed by atoms with Crippen molar-refractivity contribution >= 4 is 28.9 Å². The van der Waals surface area contributed by atoms with Gasteiger partial charge >= 0.3 is 0 Å². The van der Waals surface area contributed by atoms with Crippen LogP contribution in [0.4, 0.5) is 10.1 Å². The van der Waals surface area contributed by atoms with Gasteiger partial charge in [0.15, 0.2) is 0 Å². The SMILES string of the molecule is CCCCOc1ccccc1-c1cc2c(SCC(=O)Nc3ccc(C)c(F)c3)nccn2n1. The minimum absolute atomic E-state index is 0.138. The first-order valence-electron chi connectivity index (χ1n) is 10.8. The molecule has 0 aliphatic heterocycles. The van der Waals surface area contributed by atoms with Gasteiger partial charge in [0.1, 0.15) is 16.6 Å². The minimum atomic E-state index is -0.349. The second kappa shape index (κ2) is 10.5. The number of carbonyl (C=O) groups is 1. The molecule has 6 nitrogen and oxygen atoms in total. The number of ether oxygens (including phenoxy) is 1. The van der Waals surface area contributed by atoms with Crippen LogP contribution in [0, 0.1) is 12.7 Å². The van der Waals surface area contributed by atoms with Crippen LogP contribution >= 0.6 is 11.8 Å². The molecule has 1 N–H and O–H groups in total. The number of nitrogens with zero attached hydrogens (tertiary/aromatic N) is 3. The van der Waals surface area contributed by atoms with Gasteiger partial charge in [0.2, 0.25) is 5.91 Å². The number of benzene rings is 2. The second-order valence-electron chi connectivity index (χ2n) is 7.59. The van der Waals surface area contributed by atoms with E-state index in [0.717, 1.165) is 35.4 Å². The third-order valence-corrected chi connectivity index (χ3v) is 6.06. The Morgan fingerprint density at radius 1 is 1.21 bits per heavy atom. The quantitative estimate of drug-likeness (QED) is 0.252. The number of halogens is 1. The molecule has 0 aliphatic carbocycles. The topological polar surface area (TPSA) is 68.5 Å². The molecule has 4 rings (SSSR count). The van der Waals surface area contributed by atoms with E-state index in [1.807, 2.05) is 30.3 Å². The number of hydrogen-bond donors (Lipinski definition) is 1. The average molecular weight is 465 g/mol. The molecule has 33 heavy (non-hydrogen) atoms. The lowest BCUT2D eigenvalue weighted by molar-refractivity contribution is -0.113. The number of aromatic nitrogens is 3. The van der Waals surface area contributed by atoms with E-state index in [0.29, 0.717) is 22.9 Å². The molecular formula is C25H25FN4O2S. The highest BCUT2D eigenvalue weighted by Gasteiger charge is 2.14. The number of anilines is 1. The van der Waals surface area contributed by atoms with E-state index in [1.165, 1.54) is 17.8 Å². The van der Waals surface area contributed by atoms with E-state index in [9.17, 15) is 9.18 Å². The Kier molecular flexibility index (Phi) is 7.24. The molecule has 0 aliphatic rings. The summed E-state index contributed by atoms with van der Waals surface area (Å²) in [5.74, 6) is 0.347. The molecule has 0 bridgehead atoms. The van der Waals surface area contributed by atoms with Crippen LogP contribution in [-0.4, -0.2) is 32.9 Å². The van der Waals surface area contributed by atoms with Crippen molar-refractivity contribution in [3.05, 3.63) is 72.3 Å². The van der Waals surface area contributed by atoms with Crippen LogP contribution in [0.3, 0.4) is 0 Å². The first kappa shape index (κ1) is 22.8. The van der Waals surface area contributed by atoms with Gasteiger partial charge in [0.05, 0.1) is 23.6 Å². The molecule has 2 heterocycles. The predicted molar refractivity (Wildman–Crippen MR) is 129 cm³/mol. The number of hydrogen-bond acceptors (Lipinski definition) is 5. The van der Waals surface area contributed by atoms with Crippen LogP contribution in [-0.2, 0) is 4.79 Å². The Labute approximate surface area is 196 Å². The smallest absolute Gasteiger partial charge is 0.234 e. The average Bonchev–Trinajstić information content (AvgIpc) is 3.25. The lowest BCUT2D eigenvalue weighted by Gasteiger charge is -2.09. The third-order valence-electron chi connectivity index (χ3n) is 5.07. The molecule has 0 spiro atoms. The Bertz CT molecular complexity index is 1270. The number of rotatable bonds is 9. The van der Waals surface area contributed by atoms with Crippen molar-refractivity contribution in [2.45, 2.75) is 31.7 Å².